The lowest BCUT2D eigenvalue weighted by atomic mass is 9.87. The van der Waals surface area contributed by atoms with E-state index < -0.39 is 11.7 Å². The van der Waals surface area contributed by atoms with Gasteiger partial charge in [-0.05, 0) is 41.2 Å². The molecule has 3 rings (SSSR count). The van der Waals surface area contributed by atoms with Crippen molar-refractivity contribution in [3.63, 3.8) is 0 Å². The first-order valence-corrected chi connectivity index (χ1v) is 10.2. The molecule has 1 heterocycles. The maximum Gasteiger partial charge on any atom is 0.421 e. The Morgan fingerprint density at radius 3 is 2.19 bits per heavy atom. The molecule has 0 saturated carbocycles. The largest absolute Gasteiger partial charge is 0.421 e. The van der Waals surface area contributed by atoms with Crippen molar-refractivity contribution in [3.8, 4) is 0 Å². The Balaban J connectivity index is 1.92. The van der Waals surface area contributed by atoms with E-state index >= 15 is 0 Å². The van der Waals surface area contributed by atoms with Crippen molar-refractivity contribution in [2.45, 2.75) is 52.1 Å². The average Bonchev–Trinajstić information content (AvgIpc) is 2.69. The van der Waals surface area contributed by atoms with Crippen LogP contribution in [0.3, 0.4) is 0 Å². The van der Waals surface area contributed by atoms with Crippen molar-refractivity contribution >= 4 is 23.1 Å². The van der Waals surface area contributed by atoms with Gasteiger partial charge in [-0.25, -0.2) is 4.98 Å². The number of nitrogens with zero attached hydrogens (tertiary/aromatic N) is 2. The third-order valence-corrected chi connectivity index (χ3v) is 4.89. The molecule has 164 valence electrons. The number of hydrogen-bond acceptors (Lipinski definition) is 4. The third kappa shape index (κ3) is 5.75. The number of nitrogens with one attached hydrogen (secondary N) is 2. The molecule has 7 heteroatoms. The number of alkyl halides is 3. The number of benzene rings is 2. The summed E-state index contributed by atoms with van der Waals surface area (Å²) in [6.45, 7) is 8.36. The minimum absolute atomic E-state index is 0.00631. The van der Waals surface area contributed by atoms with Crippen molar-refractivity contribution in [1.82, 2.24) is 9.97 Å². The molecule has 0 amide bonds. The van der Waals surface area contributed by atoms with Gasteiger partial charge in [0.1, 0.15) is 11.4 Å². The number of para-hydroxylation sites is 1. The Labute approximate surface area is 181 Å². The number of aryl methyl sites for hydroxylation is 1. The summed E-state index contributed by atoms with van der Waals surface area (Å²) in [4.78, 5) is 8.04. The number of rotatable bonds is 6. The minimum atomic E-state index is -4.57. The maximum absolute atomic E-state index is 13.6. The van der Waals surface area contributed by atoms with Crippen molar-refractivity contribution in [1.29, 1.82) is 0 Å². The van der Waals surface area contributed by atoms with Crippen LogP contribution in [0.25, 0.3) is 0 Å². The molecule has 31 heavy (non-hydrogen) atoms. The van der Waals surface area contributed by atoms with E-state index in [9.17, 15) is 13.2 Å². The highest BCUT2D eigenvalue weighted by Gasteiger charge is 2.35. The van der Waals surface area contributed by atoms with Crippen molar-refractivity contribution < 1.29 is 13.2 Å². The molecule has 0 atom stereocenters. The van der Waals surface area contributed by atoms with Crippen LogP contribution in [0.2, 0.25) is 0 Å². The van der Waals surface area contributed by atoms with E-state index in [1.165, 1.54) is 0 Å². The van der Waals surface area contributed by atoms with E-state index in [1.54, 1.807) is 12.1 Å². The van der Waals surface area contributed by atoms with Crippen molar-refractivity contribution in [2.24, 2.45) is 0 Å². The molecule has 0 aliphatic heterocycles. The standard InChI is InChI=1S/C24H27F3N4/c1-5-8-16-9-6-7-10-20(16)30-21-19(24(25,26)27)15-28-22(31-21)29-18-13-11-17(12-14-18)23(2,3)4/h6-7,9-15H,5,8H2,1-4H3,(H2,28,29,30,31). The Kier molecular flexibility index (Phi) is 6.53. The van der Waals surface area contributed by atoms with E-state index in [2.05, 4.69) is 41.4 Å². The van der Waals surface area contributed by atoms with E-state index in [0.717, 1.165) is 30.2 Å². The van der Waals surface area contributed by atoms with Crippen molar-refractivity contribution in [2.75, 3.05) is 10.6 Å². The van der Waals surface area contributed by atoms with Gasteiger partial charge in [-0.1, -0.05) is 64.4 Å². The molecule has 4 nitrogen and oxygen atoms in total. The van der Waals surface area contributed by atoms with Crippen LogP contribution in [0.1, 0.15) is 50.8 Å². The van der Waals surface area contributed by atoms with E-state index in [4.69, 9.17) is 0 Å². The first-order valence-electron chi connectivity index (χ1n) is 10.2. The predicted octanol–water partition coefficient (Wildman–Crippen LogP) is 7.23. The lowest BCUT2D eigenvalue weighted by Gasteiger charge is -2.19. The number of halogens is 3. The minimum Gasteiger partial charge on any atom is -0.339 e. The zero-order valence-electron chi connectivity index (χ0n) is 18.1. The lowest BCUT2D eigenvalue weighted by Crippen LogP contribution is -2.13. The van der Waals surface area contributed by atoms with Gasteiger partial charge in [0, 0.05) is 17.6 Å². The van der Waals surface area contributed by atoms with Gasteiger partial charge in [0.15, 0.2) is 0 Å². The van der Waals surface area contributed by atoms with Crippen molar-refractivity contribution in [3.05, 3.63) is 71.4 Å². The SMILES string of the molecule is CCCc1ccccc1Nc1nc(Nc2ccc(C(C)(C)C)cc2)ncc1C(F)(F)F. The molecule has 1 aromatic heterocycles. The van der Waals surface area contributed by atoms with E-state index in [1.807, 2.05) is 43.3 Å². The van der Waals surface area contributed by atoms with Crippen LogP contribution in [0.5, 0.6) is 0 Å². The Bertz CT molecular complexity index is 1020. The highest BCUT2D eigenvalue weighted by Crippen LogP contribution is 2.36. The summed E-state index contributed by atoms with van der Waals surface area (Å²) in [6.07, 6.45) is -2.13. The summed E-state index contributed by atoms with van der Waals surface area (Å²) >= 11 is 0. The van der Waals surface area contributed by atoms with Crippen LogP contribution < -0.4 is 10.6 Å². The van der Waals surface area contributed by atoms with Crippen LogP contribution in [0.4, 0.5) is 36.3 Å². The first-order chi connectivity index (χ1) is 14.6. The van der Waals surface area contributed by atoms with Gasteiger partial charge in [-0.3, -0.25) is 0 Å². The predicted molar refractivity (Wildman–Crippen MR) is 119 cm³/mol. The van der Waals surface area contributed by atoms with Crippen LogP contribution in [-0.2, 0) is 18.0 Å². The zero-order valence-corrected chi connectivity index (χ0v) is 18.1. The summed E-state index contributed by atoms with van der Waals surface area (Å²) in [7, 11) is 0. The van der Waals surface area contributed by atoms with Gasteiger partial charge in [-0.2, -0.15) is 18.2 Å². The molecule has 2 aromatic carbocycles. The highest BCUT2D eigenvalue weighted by atomic mass is 19.4. The molecular formula is C24H27F3N4. The normalized spacial score (nSPS) is 12.0. The van der Waals surface area contributed by atoms with E-state index in [0.29, 0.717) is 11.4 Å². The first kappa shape index (κ1) is 22.6. The van der Waals surface area contributed by atoms with Crippen LogP contribution >= 0.6 is 0 Å². The van der Waals surface area contributed by atoms with Gasteiger partial charge >= 0.3 is 6.18 Å². The van der Waals surface area contributed by atoms with Crippen LogP contribution in [0, 0.1) is 0 Å². The maximum atomic E-state index is 13.6. The fourth-order valence-electron chi connectivity index (χ4n) is 3.18. The summed E-state index contributed by atoms with van der Waals surface area (Å²) in [5.74, 6) is -0.188. The lowest BCUT2D eigenvalue weighted by molar-refractivity contribution is -0.137. The van der Waals surface area contributed by atoms with Gasteiger partial charge in [-0.15, -0.1) is 0 Å². The second-order valence-electron chi connectivity index (χ2n) is 8.44. The van der Waals surface area contributed by atoms with Gasteiger partial charge in [0.25, 0.3) is 0 Å². The number of hydrogen-bond donors (Lipinski definition) is 2. The van der Waals surface area contributed by atoms with Crippen LogP contribution in [-0.4, -0.2) is 9.97 Å². The molecule has 3 aromatic rings. The quantitative estimate of drug-likeness (QED) is 0.435. The molecule has 0 radical (unpaired) electrons. The van der Waals surface area contributed by atoms with Gasteiger partial charge < -0.3 is 10.6 Å². The fraction of sp³-hybridized carbons (Fsp3) is 0.333. The Morgan fingerprint density at radius 2 is 1.58 bits per heavy atom. The third-order valence-electron chi connectivity index (χ3n) is 4.89. The molecule has 0 fully saturated rings. The summed E-state index contributed by atoms with van der Waals surface area (Å²) in [6, 6.07) is 15.0. The molecular weight excluding hydrogens is 401 g/mol. The highest BCUT2D eigenvalue weighted by molar-refractivity contribution is 5.65. The Hall–Kier alpha value is -3.09. The smallest absolute Gasteiger partial charge is 0.339 e. The Morgan fingerprint density at radius 1 is 0.903 bits per heavy atom. The monoisotopic (exact) mass is 428 g/mol. The molecule has 0 unspecified atom stereocenters. The molecule has 0 aliphatic carbocycles. The average molecular weight is 429 g/mol. The fourth-order valence-corrected chi connectivity index (χ4v) is 3.18. The number of anilines is 4. The molecule has 0 spiro atoms. The summed E-state index contributed by atoms with van der Waals surface area (Å²) in [5.41, 5.74) is 2.49. The molecule has 2 N–H and O–H groups in total. The summed E-state index contributed by atoms with van der Waals surface area (Å²) < 4.78 is 40.7. The molecule has 0 bridgehead atoms. The second-order valence-corrected chi connectivity index (χ2v) is 8.44. The van der Waals surface area contributed by atoms with E-state index in [-0.39, 0.29) is 17.2 Å². The second kappa shape index (κ2) is 8.96. The number of aromatic nitrogens is 2. The van der Waals surface area contributed by atoms with Gasteiger partial charge in [0.2, 0.25) is 5.95 Å². The molecule has 0 saturated heterocycles. The van der Waals surface area contributed by atoms with Gasteiger partial charge in [0.05, 0.1) is 0 Å². The summed E-state index contributed by atoms with van der Waals surface area (Å²) in [5, 5.41) is 5.87. The topological polar surface area (TPSA) is 49.8 Å². The van der Waals surface area contributed by atoms with Crippen LogP contribution in [0.15, 0.2) is 54.7 Å². The molecule has 0 aliphatic rings. The zero-order chi connectivity index (χ0) is 22.6.